The van der Waals surface area contributed by atoms with Crippen molar-refractivity contribution in [2.75, 3.05) is 11.9 Å². The fourth-order valence-corrected chi connectivity index (χ4v) is 1.38. The van der Waals surface area contributed by atoms with E-state index in [4.69, 9.17) is 11.5 Å². The summed E-state index contributed by atoms with van der Waals surface area (Å²) in [6, 6.07) is 3.06. The van der Waals surface area contributed by atoms with Crippen molar-refractivity contribution in [2.24, 2.45) is 11.5 Å². The molecular formula is C11H14F3N3O. The van der Waals surface area contributed by atoms with E-state index < -0.39 is 23.2 Å². The zero-order chi connectivity index (χ0) is 13.9. The Balaban J connectivity index is 3.10. The molecule has 0 spiro atoms. The molecule has 5 N–H and O–H groups in total. The van der Waals surface area contributed by atoms with Crippen molar-refractivity contribution >= 4 is 11.6 Å². The zero-order valence-corrected chi connectivity index (χ0v) is 9.71. The van der Waals surface area contributed by atoms with Gasteiger partial charge in [-0.25, -0.2) is 0 Å². The summed E-state index contributed by atoms with van der Waals surface area (Å²) >= 11 is 0. The maximum absolute atomic E-state index is 12.7. The lowest BCUT2D eigenvalue weighted by atomic mass is 10.1. The van der Waals surface area contributed by atoms with Gasteiger partial charge in [-0.3, -0.25) is 4.79 Å². The molecule has 0 aliphatic heterocycles. The molecule has 1 rings (SSSR count). The van der Waals surface area contributed by atoms with Gasteiger partial charge in [-0.15, -0.1) is 0 Å². The van der Waals surface area contributed by atoms with Crippen molar-refractivity contribution in [1.29, 1.82) is 0 Å². The van der Waals surface area contributed by atoms with Crippen LogP contribution in [0.4, 0.5) is 18.9 Å². The zero-order valence-electron chi connectivity index (χ0n) is 9.71. The van der Waals surface area contributed by atoms with E-state index in [2.05, 4.69) is 5.32 Å². The second kappa shape index (κ2) is 5.26. The van der Waals surface area contributed by atoms with E-state index in [9.17, 15) is 18.0 Å². The first kappa shape index (κ1) is 14.3. The van der Waals surface area contributed by atoms with Crippen LogP contribution in [0.15, 0.2) is 18.2 Å². The number of hydrogen-bond donors (Lipinski definition) is 3. The van der Waals surface area contributed by atoms with Gasteiger partial charge in [-0.2, -0.15) is 13.2 Å². The van der Waals surface area contributed by atoms with Crippen molar-refractivity contribution in [3.05, 3.63) is 29.3 Å². The lowest BCUT2D eigenvalue weighted by Gasteiger charge is -2.14. The minimum absolute atomic E-state index is 0.199. The standard InChI is InChI=1S/C11H14F3N3O/c1-6(15)5-17-7-2-3-8(10(16)18)9(4-7)11(12,13)14/h2-4,6,17H,5,15H2,1H3,(H2,16,18). The molecule has 18 heavy (non-hydrogen) atoms. The van der Waals surface area contributed by atoms with E-state index in [1.165, 1.54) is 6.07 Å². The number of anilines is 1. The van der Waals surface area contributed by atoms with Gasteiger partial charge in [0.2, 0.25) is 5.91 Å². The third kappa shape index (κ3) is 3.63. The van der Waals surface area contributed by atoms with Crippen LogP contribution in [0.1, 0.15) is 22.8 Å². The second-order valence-electron chi connectivity index (χ2n) is 3.98. The summed E-state index contributed by atoms with van der Waals surface area (Å²) in [7, 11) is 0. The number of rotatable bonds is 4. The number of nitrogens with one attached hydrogen (secondary N) is 1. The van der Waals surface area contributed by atoms with Crippen molar-refractivity contribution in [2.45, 2.75) is 19.1 Å². The van der Waals surface area contributed by atoms with Crippen LogP contribution in [0.5, 0.6) is 0 Å². The highest BCUT2D eigenvalue weighted by molar-refractivity contribution is 5.95. The van der Waals surface area contributed by atoms with Crippen LogP contribution in [-0.4, -0.2) is 18.5 Å². The van der Waals surface area contributed by atoms with Gasteiger partial charge in [0.25, 0.3) is 0 Å². The molecule has 0 aliphatic carbocycles. The van der Waals surface area contributed by atoms with Crippen molar-refractivity contribution in [3.63, 3.8) is 0 Å². The molecule has 1 aromatic rings. The molecule has 1 unspecified atom stereocenters. The summed E-state index contributed by atoms with van der Waals surface area (Å²) in [4.78, 5) is 10.9. The van der Waals surface area contributed by atoms with E-state index in [0.29, 0.717) is 6.54 Å². The third-order valence-corrected chi connectivity index (χ3v) is 2.22. The van der Waals surface area contributed by atoms with Gasteiger partial charge >= 0.3 is 6.18 Å². The van der Waals surface area contributed by atoms with Crippen molar-refractivity contribution in [1.82, 2.24) is 0 Å². The minimum Gasteiger partial charge on any atom is -0.383 e. The van der Waals surface area contributed by atoms with E-state index in [1.54, 1.807) is 6.92 Å². The summed E-state index contributed by atoms with van der Waals surface area (Å²) in [5.41, 5.74) is 9.03. The SMILES string of the molecule is CC(N)CNc1ccc(C(N)=O)c(C(F)(F)F)c1. The number of benzene rings is 1. The van der Waals surface area contributed by atoms with Crippen LogP contribution in [-0.2, 0) is 6.18 Å². The molecule has 4 nitrogen and oxygen atoms in total. The summed E-state index contributed by atoms with van der Waals surface area (Å²) in [5, 5.41) is 2.75. The highest BCUT2D eigenvalue weighted by Gasteiger charge is 2.35. The molecule has 0 heterocycles. The van der Waals surface area contributed by atoms with Crippen LogP contribution in [0, 0.1) is 0 Å². The molecule has 7 heteroatoms. The van der Waals surface area contributed by atoms with Gasteiger partial charge in [0.05, 0.1) is 11.1 Å². The van der Waals surface area contributed by atoms with Gasteiger partial charge in [-0.05, 0) is 25.1 Å². The smallest absolute Gasteiger partial charge is 0.383 e. The fraction of sp³-hybridized carbons (Fsp3) is 0.364. The van der Waals surface area contributed by atoms with E-state index in [1.807, 2.05) is 0 Å². The molecule has 0 fully saturated rings. The van der Waals surface area contributed by atoms with Crippen molar-refractivity contribution < 1.29 is 18.0 Å². The van der Waals surface area contributed by atoms with Crippen LogP contribution >= 0.6 is 0 Å². The molecule has 100 valence electrons. The molecule has 0 aliphatic rings. The number of amides is 1. The molecule has 0 saturated carbocycles. The Morgan fingerprint density at radius 2 is 2.06 bits per heavy atom. The topological polar surface area (TPSA) is 81.1 Å². The van der Waals surface area contributed by atoms with E-state index in [-0.39, 0.29) is 11.7 Å². The summed E-state index contributed by atoms with van der Waals surface area (Å²) in [6.07, 6.45) is -4.63. The Labute approximate surface area is 102 Å². The molecule has 0 radical (unpaired) electrons. The van der Waals surface area contributed by atoms with Crippen LogP contribution in [0.3, 0.4) is 0 Å². The Morgan fingerprint density at radius 3 is 2.50 bits per heavy atom. The summed E-state index contributed by atoms with van der Waals surface area (Å²) in [5.74, 6) is -1.11. The molecule has 0 bridgehead atoms. The van der Waals surface area contributed by atoms with Gasteiger partial charge in [-0.1, -0.05) is 0 Å². The molecule has 1 amide bonds. The van der Waals surface area contributed by atoms with Gasteiger partial charge in [0.1, 0.15) is 0 Å². The van der Waals surface area contributed by atoms with Crippen molar-refractivity contribution in [3.8, 4) is 0 Å². The average Bonchev–Trinajstić information content (AvgIpc) is 2.24. The number of carbonyl (C=O) groups is 1. The van der Waals surface area contributed by atoms with Crippen LogP contribution < -0.4 is 16.8 Å². The minimum atomic E-state index is -4.63. The number of alkyl halides is 3. The van der Waals surface area contributed by atoms with Gasteiger partial charge in [0, 0.05) is 18.3 Å². The Kier molecular flexibility index (Phi) is 4.18. The molecule has 1 atom stereocenters. The predicted molar refractivity (Wildman–Crippen MR) is 62.1 cm³/mol. The number of hydrogen-bond acceptors (Lipinski definition) is 3. The first-order chi connectivity index (χ1) is 8.21. The highest BCUT2D eigenvalue weighted by atomic mass is 19.4. The monoisotopic (exact) mass is 261 g/mol. The van der Waals surface area contributed by atoms with E-state index in [0.717, 1.165) is 12.1 Å². The Morgan fingerprint density at radius 1 is 1.44 bits per heavy atom. The number of primary amides is 1. The molecule has 0 saturated heterocycles. The third-order valence-electron chi connectivity index (χ3n) is 2.22. The second-order valence-corrected chi connectivity index (χ2v) is 3.98. The Bertz CT molecular complexity index is 444. The summed E-state index contributed by atoms with van der Waals surface area (Å²) < 4.78 is 38.2. The number of nitrogens with two attached hydrogens (primary N) is 2. The van der Waals surface area contributed by atoms with Gasteiger partial charge in [0.15, 0.2) is 0 Å². The van der Waals surface area contributed by atoms with Crippen LogP contribution in [0.2, 0.25) is 0 Å². The lowest BCUT2D eigenvalue weighted by Crippen LogP contribution is -2.25. The first-order valence-corrected chi connectivity index (χ1v) is 5.22. The normalized spacial score (nSPS) is 13.2. The van der Waals surface area contributed by atoms with Gasteiger partial charge < -0.3 is 16.8 Å². The maximum Gasteiger partial charge on any atom is 0.417 e. The maximum atomic E-state index is 12.7. The average molecular weight is 261 g/mol. The Hall–Kier alpha value is -1.76. The van der Waals surface area contributed by atoms with Crippen LogP contribution in [0.25, 0.3) is 0 Å². The molecular weight excluding hydrogens is 247 g/mol. The highest BCUT2D eigenvalue weighted by Crippen LogP contribution is 2.33. The predicted octanol–water partition coefficient (Wildman–Crippen LogP) is 1.56. The molecule has 1 aromatic carbocycles. The number of carbonyl (C=O) groups excluding carboxylic acids is 1. The summed E-state index contributed by atoms with van der Waals surface area (Å²) in [6.45, 7) is 2.04. The lowest BCUT2D eigenvalue weighted by molar-refractivity contribution is -0.137. The fourth-order valence-electron chi connectivity index (χ4n) is 1.38. The quantitative estimate of drug-likeness (QED) is 0.769. The largest absolute Gasteiger partial charge is 0.417 e. The number of halogens is 3. The van der Waals surface area contributed by atoms with E-state index >= 15 is 0 Å². The first-order valence-electron chi connectivity index (χ1n) is 5.22. The molecule has 0 aromatic heterocycles.